The second-order valence-corrected chi connectivity index (χ2v) is 12.0. The van der Waals surface area contributed by atoms with Crippen LogP contribution in [-0.4, -0.2) is 24.8 Å². The van der Waals surface area contributed by atoms with Crippen molar-refractivity contribution in [1.29, 1.82) is 0 Å². The first kappa shape index (κ1) is 18.2. The molecule has 1 aliphatic rings. The number of imide groups is 1. The van der Waals surface area contributed by atoms with Crippen molar-refractivity contribution in [2.24, 2.45) is 11.8 Å². The summed E-state index contributed by atoms with van der Waals surface area (Å²) in [4.78, 5) is 26.9. The van der Waals surface area contributed by atoms with Crippen LogP contribution in [0.15, 0.2) is 43.0 Å². The van der Waals surface area contributed by atoms with Crippen LogP contribution < -0.4 is 0 Å². The van der Waals surface area contributed by atoms with Gasteiger partial charge < -0.3 is 0 Å². The van der Waals surface area contributed by atoms with Crippen LogP contribution in [0.3, 0.4) is 0 Å². The molecule has 1 saturated heterocycles. The summed E-state index contributed by atoms with van der Waals surface area (Å²) in [6.45, 7) is 10.6. The Labute approximate surface area is 145 Å². The van der Waals surface area contributed by atoms with Crippen LogP contribution in [0.2, 0.25) is 19.6 Å². The highest BCUT2D eigenvalue weighted by molar-refractivity contribution is 6.83. The Morgan fingerprint density at radius 2 is 1.75 bits per heavy atom. The van der Waals surface area contributed by atoms with Crippen molar-refractivity contribution in [2.45, 2.75) is 39.0 Å². The molecule has 0 saturated carbocycles. The van der Waals surface area contributed by atoms with Crippen molar-refractivity contribution in [3.63, 3.8) is 0 Å². The molecule has 1 heterocycles. The summed E-state index contributed by atoms with van der Waals surface area (Å²) in [5.74, 6) is 2.31. The zero-order valence-electron chi connectivity index (χ0n) is 14.7. The average molecular weight is 340 g/mol. The number of carbonyl (C=O) groups is 2. The van der Waals surface area contributed by atoms with Crippen molar-refractivity contribution in [1.82, 2.24) is 4.90 Å². The molecule has 24 heavy (non-hydrogen) atoms. The second kappa shape index (κ2) is 7.63. The van der Waals surface area contributed by atoms with Crippen molar-refractivity contribution in [2.75, 3.05) is 0 Å². The topological polar surface area (TPSA) is 37.4 Å². The maximum Gasteiger partial charge on any atom is 0.234 e. The lowest BCUT2D eigenvalue weighted by Gasteiger charge is -2.14. The van der Waals surface area contributed by atoms with Gasteiger partial charge in [-0.1, -0.05) is 56.0 Å². The highest BCUT2D eigenvalue weighted by Crippen LogP contribution is 2.32. The molecule has 0 N–H and O–H groups in total. The summed E-state index contributed by atoms with van der Waals surface area (Å²) in [5.41, 5.74) is 4.26. The van der Waals surface area contributed by atoms with Crippen LogP contribution in [0.1, 0.15) is 18.4 Å². The Hall–Kier alpha value is -2.12. The lowest BCUT2D eigenvalue weighted by atomic mass is 9.89. The van der Waals surface area contributed by atoms with Gasteiger partial charge in [0.15, 0.2) is 0 Å². The standard InChI is InChI=1S/C20H25NO2Si/c1-5-10-17-18(13-9-14-24(2,3)4)20(23)21(19(17)22)15-16-11-7-6-8-12-16/h5-8,11-12,17-18H,1,10,13,15H2,2-4H3/t17-,18-/m1/s1. The Balaban J connectivity index is 2.19. The molecule has 2 amide bonds. The first-order valence-corrected chi connectivity index (χ1v) is 11.8. The van der Waals surface area contributed by atoms with Gasteiger partial charge in [-0.25, -0.2) is 0 Å². The lowest BCUT2D eigenvalue weighted by Crippen LogP contribution is -2.30. The molecular weight excluding hydrogens is 314 g/mol. The number of likely N-dealkylation sites (tertiary alicyclic amines) is 1. The predicted octanol–water partition coefficient (Wildman–Crippen LogP) is 3.63. The van der Waals surface area contributed by atoms with Crippen LogP contribution in [0.5, 0.6) is 0 Å². The fourth-order valence-corrected chi connectivity index (χ4v) is 3.51. The molecule has 2 atom stereocenters. The number of nitrogens with zero attached hydrogens (tertiary/aromatic N) is 1. The smallest absolute Gasteiger partial charge is 0.234 e. The highest BCUT2D eigenvalue weighted by atomic mass is 28.3. The first-order valence-electron chi connectivity index (χ1n) is 8.33. The van der Waals surface area contributed by atoms with Crippen LogP contribution >= 0.6 is 0 Å². The number of carbonyl (C=O) groups excluding carboxylic acids is 2. The fraction of sp³-hybridized carbons (Fsp3) is 0.400. The molecule has 0 unspecified atom stereocenters. The Morgan fingerprint density at radius 1 is 1.12 bits per heavy atom. The molecule has 1 aliphatic heterocycles. The molecule has 2 rings (SSSR count). The van der Waals surface area contributed by atoms with Gasteiger partial charge in [0, 0.05) is 6.42 Å². The van der Waals surface area contributed by atoms with E-state index in [1.807, 2.05) is 30.3 Å². The van der Waals surface area contributed by atoms with Crippen LogP contribution in [0.4, 0.5) is 0 Å². The van der Waals surface area contributed by atoms with E-state index in [9.17, 15) is 9.59 Å². The molecule has 0 radical (unpaired) electrons. The molecular formula is C20H25NO2Si. The molecule has 0 bridgehead atoms. The largest absolute Gasteiger partial charge is 0.278 e. The van der Waals surface area contributed by atoms with Gasteiger partial charge in [-0.2, -0.15) is 0 Å². The van der Waals surface area contributed by atoms with E-state index in [1.54, 1.807) is 6.08 Å². The fourth-order valence-electron chi connectivity index (χ4n) is 2.88. The molecule has 3 nitrogen and oxygen atoms in total. The van der Waals surface area contributed by atoms with Crippen molar-refractivity contribution >= 4 is 19.9 Å². The minimum absolute atomic E-state index is 0.0939. The maximum atomic E-state index is 12.8. The van der Waals surface area contributed by atoms with E-state index >= 15 is 0 Å². The Bertz CT molecular complexity index is 679. The number of benzene rings is 1. The summed E-state index contributed by atoms with van der Waals surface area (Å²) in [6.07, 6.45) is 2.70. The third-order valence-electron chi connectivity index (χ3n) is 4.04. The van der Waals surface area contributed by atoms with Crippen LogP contribution in [0.25, 0.3) is 0 Å². The van der Waals surface area contributed by atoms with Gasteiger partial charge >= 0.3 is 0 Å². The van der Waals surface area contributed by atoms with Gasteiger partial charge in [0.25, 0.3) is 0 Å². The van der Waals surface area contributed by atoms with Gasteiger partial charge in [0.1, 0.15) is 8.07 Å². The molecule has 1 aromatic carbocycles. The van der Waals surface area contributed by atoms with Crippen molar-refractivity contribution in [3.8, 4) is 11.5 Å². The van der Waals surface area contributed by atoms with E-state index in [0.29, 0.717) is 19.4 Å². The molecule has 1 fully saturated rings. The monoisotopic (exact) mass is 339 g/mol. The maximum absolute atomic E-state index is 12.8. The average Bonchev–Trinajstić information content (AvgIpc) is 2.73. The minimum atomic E-state index is -1.48. The number of rotatable bonds is 5. The van der Waals surface area contributed by atoms with Crippen LogP contribution in [-0.2, 0) is 16.1 Å². The van der Waals surface area contributed by atoms with Gasteiger partial charge in [-0.05, 0) is 12.0 Å². The SMILES string of the molecule is C=CC[C@H]1C(=O)N(Cc2ccccc2)C(=O)[C@@H]1CC#C[Si](C)(C)C. The van der Waals surface area contributed by atoms with Gasteiger partial charge in [0.2, 0.25) is 11.8 Å². The summed E-state index contributed by atoms with van der Waals surface area (Å²) >= 11 is 0. The zero-order valence-corrected chi connectivity index (χ0v) is 15.7. The van der Waals surface area contributed by atoms with E-state index in [1.165, 1.54) is 4.90 Å². The quantitative estimate of drug-likeness (QED) is 0.355. The number of allylic oxidation sites excluding steroid dienone is 1. The second-order valence-electron chi connectivity index (χ2n) is 7.24. The molecule has 126 valence electrons. The van der Waals surface area contributed by atoms with E-state index in [4.69, 9.17) is 0 Å². The molecule has 0 aliphatic carbocycles. The van der Waals surface area contributed by atoms with E-state index in [-0.39, 0.29) is 23.7 Å². The van der Waals surface area contributed by atoms with Gasteiger partial charge in [0.05, 0.1) is 18.4 Å². The molecule has 0 aromatic heterocycles. The van der Waals surface area contributed by atoms with Gasteiger partial charge in [-0.3, -0.25) is 14.5 Å². The van der Waals surface area contributed by atoms with Crippen molar-refractivity contribution < 1.29 is 9.59 Å². The Morgan fingerprint density at radius 3 is 2.33 bits per heavy atom. The summed E-state index contributed by atoms with van der Waals surface area (Å²) < 4.78 is 0. The zero-order chi connectivity index (χ0) is 17.7. The molecule has 1 aromatic rings. The van der Waals surface area contributed by atoms with Crippen LogP contribution in [0, 0.1) is 23.3 Å². The summed E-state index contributed by atoms with van der Waals surface area (Å²) in [7, 11) is -1.48. The number of hydrogen-bond acceptors (Lipinski definition) is 2. The highest BCUT2D eigenvalue weighted by Gasteiger charge is 2.46. The van der Waals surface area contributed by atoms with E-state index in [2.05, 4.69) is 37.7 Å². The molecule has 0 spiro atoms. The third kappa shape index (κ3) is 4.45. The number of amides is 2. The van der Waals surface area contributed by atoms with Crippen molar-refractivity contribution in [3.05, 3.63) is 48.6 Å². The summed E-state index contributed by atoms with van der Waals surface area (Å²) in [6, 6.07) is 9.62. The van der Waals surface area contributed by atoms with Gasteiger partial charge in [-0.15, -0.1) is 18.0 Å². The molecule has 4 heteroatoms. The number of hydrogen-bond donors (Lipinski definition) is 0. The first-order chi connectivity index (χ1) is 11.3. The predicted molar refractivity (Wildman–Crippen MR) is 99.5 cm³/mol. The van der Waals surface area contributed by atoms with E-state index in [0.717, 1.165) is 5.56 Å². The lowest BCUT2D eigenvalue weighted by molar-refractivity contribution is -0.140. The minimum Gasteiger partial charge on any atom is -0.278 e. The summed E-state index contributed by atoms with van der Waals surface area (Å²) in [5, 5.41) is 0. The van der Waals surface area contributed by atoms with E-state index < -0.39 is 8.07 Å². The Kier molecular flexibility index (Phi) is 5.79. The third-order valence-corrected chi connectivity index (χ3v) is 4.97. The normalized spacial score (nSPS) is 20.7.